The molecule has 5 rings (SSSR count). The first-order valence-corrected chi connectivity index (χ1v) is 11.1. The number of para-hydroxylation sites is 1. The lowest BCUT2D eigenvalue weighted by molar-refractivity contribution is 0.102. The summed E-state index contributed by atoms with van der Waals surface area (Å²) in [6.07, 6.45) is 0. The van der Waals surface area contributed by atoms with Crippen molar-refractivity contribution in [2.75, 3.05) is 5.32 Å². The van der Waals surface area contributed by atoms with Crippen LogP contribution >= 0.6 is 38.9 Å². The quantitative estimate of drug-likeness (QED) is 0.289. The second kappa shape index (κ2) is 7.80. The van der Waals surface area contributed by atoms with E-state index in [-0.39, 0.29) is 5.91 Å². The first kappa shape index (κ1) is 19.2. The van der Waals surface area contributed by atoms with E-state index in [1.165, 1.54) is 11.3 Å². The monoisotopic (exact) mass is 493 g/mol. The van der Waals surface area contributed by atoms with Gasteiger partial charge in [0.05, 0.1) is 27.0 Å². The van der Waals surface area contributed by atoms with Gasteiger partial charge in [-0.2, -0.15) is 0 Å². The molecule has 0 spiro atoms. The third kappa shape index (κ3) is 3.58. The molecule has 0 radical (unpaired) electrons. The highest BCUT2D eigenvalue weighted by Crippen LogP contribution is 2.32. The molecule has 1 N–H and O–H groups in total. The van der Waals surface area contributed by atoms with Crippen LogP contribution in [-0.2, 0) is 0 Å². The van der Waals surface area contributed by atoms with E-state index in [4.69, 9.17) is 16.6 Å². The lowest BCUT2D eigenvalue weighted by Gasteiger charge is -2.10. The van der Waals surface area contributed by atoms with E-state index >= 15 is 0 Å². The van der Waals surface area contributed by atoms with Gasteiger partial charge in [-0.1, -0.05) is 75.3 Å². The number of thiazole rings is 1. The summed E-state index contributed by atoms with van der Waals surface area (Å²) < 4.78 is 1.97. The van der Waals surface area contributed by atoms with Gasteiger partial charge in [0, 0.05) is 20.4 Å². The van der Waals surface area contributed by atoms with Gasteiger partial charge in [-0.25, -0.2) is 9.97 Å². The Labute approximate surface area is 189 Å². The van der Waals surface area contributed by atoms with Crippen LogP contribution in [0.25, 0.3) is 32.4 Å². The summed E-state index contributed by atoms with van der Waals surface area (Å²) in [5, 5.41) is 4.85. The van der Waals surface area contributed by atoms with Crippen molar-refractivity contribution >= 4 is 71.0 Å². The molecule has 0 aliphatic rings. The zero-order valence-electron chi connectivity index (χ0n) is 15.4. The maximum atomic E-state index is 13.2. The maximum Gasteiger partial charge on any atom is 0.258 e. The number of pyridine rings is 1. The summed E-state index contributed by atoms with van der Waals surface area (Å²) in [5.74, 6) is -0.236. The lowest BCUT2D eigenvalue weighted by atomic mass is 10.0. The molecule has 2 aromatic heterocycles. The van der Waals surface area contributed by atoms with Crippen molar-refractivity contribution in [1.29, 1.82) is 0 Å². The summed E-state index contributed by atoms with van der Waals surface area (Å²) in [7, 11) is 0. The molecule has 0 atom stereocenters. The number of nitrogens with one attached hydrogen (secondary N) is 1. The molecule has 0 saturated carbocycles. The van der Waals surface area contributed by atoms with Crippen molar-refractivity contribution in [3.63, 3.8) is 0 Å². The maximum absolute atomic E-state index is 13.2. The molecule has 0 aliphatic carbocycles. The molecular formula is C23H13BrClN3OS. The van der Waals surface area contributed by atoms with Crippen LogP contribution in [0.1, 0.15) is 10.4 Å². The van der Waals surface area contributed by atoms with Crippen LogP contribution in [0.3, 0.4) is 0 Å². The summed E-state index contributed by atoms with van der Waals surface area (Å²) in [6, 6.07) is 22.7. The first-order valence-electron chi connectivity index (χ1n) is 9.10. The SMILES string of the molecule is O=C(Nc1nc2ccc(Br)cc2s1)c1cc(-c2ccccc2Cl)nc2ccccc12. The highest BCUT2D eigenvalue weighted by atomic mass is 79.9. The highest BCUT2D eigenvalue weighted by Gasteiger charge is 2.17. The number of carbonyl (C=O) groups is 1. The average Bonchev–Trinajstić information content (AvgIpc) is 3.14. The molecule has 0 saturated heterocycles. The molecule has 30 heavy (non-hydrogen) atoms. The summed E-state index contributed by atoms with van der Waals surface area (Å²) in [4.78, 5) is 22.5. The van der Waals surface area contributed by atoms with E-state index in [1.807, 2.05) is 66.7 Å². The van der Waals surface area contributed by atoms with Gasteiger partial charge in [0.2, 0.25) is 0 Å². The van der Waals surface area contributed by atoms with Gasteiger partial charge in [0.1, 0.15) is 0 Å². The van der Waals surface area contributed by atoms with Gasteiger partial charge in [-0.05, 0) is 36.4 Å². The minimum atomic E-state index is -0.236. The minimum Gasteiger partial charge on any atom is -0.298 e. The molecular weight excluding hydrogens is 482 g/mol. The van der Waals surface area contributed by atoms with Gasteiger partial charge in [-0.15, -0.1) is 0 Å². The van der Waals surface area contributed by atoms with Crippen molar-refractivity contribution in [3.05, 3.63) is 87.9 Å². The Bertz CT molecular complexity index is 1430. The fraction of sp³-hybridized carbons (Fsp3) is 0. The van der Waals surface area contributed by atoms with Gasteiger partial charge < -0.3 is 0 Å². The third-order valence-corrected chi connectivity index (χ3v) is 6.44. The van der Waals surface area contributed by atoms with E-state index < -0.39 is 0 Å². The molecule has 3 aromatic carbocycles. The van der Waals surface area contributed by atoms with Crippen molar-refractivity contribution in [3.8, 4) is 11.3 Å². The van der Waals surface area contributed by atoms with E-state index in [0.29, 0.717) is 21.4 Å². The fourth-order valence-electron chi connectivity index (χ4n) is 3.29. The van der Waals surface area contributed by atoms with Crippen LogP contribution in [0.5, 0.6) is 0 Å². The summed E-state index contributed by atoms with van der Waals surface area (Å²) >= 11 is 11.3. The number of benzene rings is 3. The molecule has 1 amide bonds. The standard InChI is InChI=1S/C23H13BrClN3OS/c24-13-9-10-19-21(11-13)30-23(27-19)28-22(29)16-12-20(15-6-1-3-7-17(15)25)26-18-8-4-2-5-14(16)18/h1-12H,(H,27,28,29). The highest BCUT2D eigenvalue weighted by molar-refractivity contribution is 9.10. The topological polar surface area (TPSA) is 54.9 Å². The molecule has 2 heterocycles. The van der Waals surface area contributed by atoms with Crippen molar-refractivity contribution < 1.29 is 4.79 Å². The van der Waals surface area contributed by atoms with Gasteiger partial charge in [0.25, 0.3) is 5.91 Å². The van der Waals surface area contributed by atoms with Crippen LogP contribution in [0, 0.1) is 0 Å². The second-order valence-corrected chi connectivity index (χ2v) is 8.99. The smallest absolute Gasteiger partial charge is 0.258 e. The second-order valence-electron chi connectivity index (χ2n) is 6.64. The molecule has 146 valence electrons. The Morgan fingerprint density at radius 3 is 2.60 bits per heavy atom. The van der Waals surface area contributed by atoms with Crippen LogP contribution in [0.15, 0.2) is 77.3 Å². The number of halogens is 2. The number of aromatic nitrogens is 2. The molecule has 0 unspecified atom stereocenters. The van der Waals surface area contributed by atoms with Crippen molar-refractivity contribution in [2.45, 2.75) is 0 Å². The van der Waals surface area contributed by atoms with Crippen molar-refractivity contribution in [2.24, 2.45) is 0 Å². The lowest BCUT2D eigenvalue weighted by Crippen LogP contribution is -2.13. The molecule has 7 heteroatoms. The predicted molar refractivity (Wildman–Crippen MR) is 127 cm³/mol. The van der Waals surface area contributed by atoms with E-state index in [0.717, 1.165) is 31.2 Å². The fourth-order valence-corrected chi connectivity index (χ4v) is 4.93. The van der Waals surface area contributed by atoms with Crippen LogP contribution in [0.4, 0.5) is 5.13 Å². The average molecular weight is 495 g/mol. The van der Waals surface area contributed by atoms with Crippen LogP contribution < -0.4 is 5.32 Å². The third-order valence-electron chi connectivity index (χ3n) is 4.68. The zero-order valence-corrected chi connectivity index (χ0v) is 18.6. The Morgan fingerprint density at radius 2 is 1.73 bits per heavy atom. The number of hydrogen-bond acceptors (Lipinski definition) is 4. The number of fused-ring (bicyclic) bond motifs is 2. The minimum absolute atomic E-state index is 0.236. The Kier molecular flexibility index (Phi) is 4.98. The van der Waals surface area contributed by atoms with Gasteiger partial charge in [0.15, 0.2) is 5.13 Å². The largest absolute Gasteiger partial charge is 0.298 e. The van der Waals surface area contributed by atoms with E-state index in [9.17, 15) is 4.79 Å². The zero-order chi connectivity index (χ0) is 20.7. The van der Waals surface area contributed by atoms with Gasteiger partial charge in [-0.3, -0.25) is 10.1 Å². The molecule has 5 aromatic rings. The number of anilines is 1. The molecule has 0 bridgehead atoms. The number of nitrogens with zero attached hydrogens (tertiary/aromatic N) is 2. The predicted octanol–water partition coefficient (Wildman–Crippen LogP) is 7.18. The molecule has 0 fully saturated rings. The number of rotatable bonds is 3. The number of hydrogen-bond donors (Lipinski definition) is 1. The molecule has 0 aliphatic heterocycles. The summed E-state index contributed by atoms with van der Waals surface area (Å²) in [6.45, 7) is 0. The van der Waals surface area contributed by atoms with E-state index in [1.54, 1.807) is 6.07 Å². The van der Waals surface area contributed by atoms with E-state index in [2.05, 4.69) is 26.2 Å². The molecule has 4 nitrogen and oxygen atoms in total. The number of carbonyl (C=O) groups excluding carboxylic acids is 1. The Balaban J connectivity index is 1.59. The number of amides is 1. The van der Waals surface area contributed by atoms with Crippen LogP contribution in [0.2, 0.25) is 5.02 Å². The van der Waals surface area contributed by atoms with Gasteiger partial charge >= 0.3 is 0 Å². The first-order chi connectivity index (χ1) is 14.6. The normalized spacial score (nSPS) is 11.1. The van der Waals surface area contributed by atoms with Crippen molar-refractivity contribution in [1.82, 2.24) is 9.97 Å². The Morgan fingerprint density at radius 1 is 0.933 bits per heavy atom. The van der Waals surface area contributed by atoms with Crippen LogP contribution in [-0.4, -0.2) is 15.9 Å². The Hall–Kier alpha value is -2.80. The summed E-state index contributed by atoms with van der Waals surface area (Å²) in [5.41, 5.74) is 3.53.